The van der Waals surface area contributed by atoms with E-state index in [2.05, 4.69) is 0 Å². The summed E-state index contributed by atoms with van der Waals surface area (Å²) < 4.78 is 5.17. The van der Waals surface area contributed by atoms with E-state index in [-0.39, 0.29) is 0 Å². The van der Waals surface area contributed by atoms with Crippen molar-refractivity contribution < 1.29 is 14.5 Å². The molecular formula is C7H17O3PS2. The Hall–Kier alpha value is 0.880. The molecule has 0 saturated heterocycles. The number of rotatable bonds is 6. The third-order valence-corrected chi connectivity index (χ3v) is 5.49. The first-order valence-corrected chi connectivity index (χ1v) is 8.40. The summed E-state index contributed by atoms with van der Waals surface area (Å²) in [6, 6.07) is 0. The molecule has 0 aromatic rings. The third-order valence-electron chi connectivity index (χ3n) is 1.05. The highest BCUT2D eigenvalue weighted by Gasteiger charge is 2.16. The molecule has 3 nitrogen and oxygen atoms in total. The van der Waals surface area contributed by atoms with Gasteiger partial charge in [0.2, 0.25) is 5.69 Å². The van der Waals surface area contributed by atoms with Gasteiger partial charge in [0.1, 0.15) is 0 Å². The quantitative estimate of drug-likeness (QED) is 0.700. The predicted molar refractivity (Wildman–Crippen MR) is 61.4 cm³/mol. The lowest BCUT2D eigenvalue weighted by Gasteiger charge is -2.16. The number of hydrogen-bond acceptors (Lipinski definition) is 4. The summed E-state index contributed by atoms with van der Waals surface area (Å²) in [5, 5.41) is 8.98. The summed E-state index contributed by atoms with van der Waals surface area (Å²) in [4.78, 5) is 9.57. The Morgan fingerprint density at radius 2 is 2.00 bits per heavy atom. The fraction of sp³-hybridized carbons (Fsp3) is 1.00. The van der Waals surface area contributed by atoms with Crippen molar-refractivity contribution in [3.05, 3.63) is 0 Å². The summed E-state index contributed by atoms with van der Waals surface area (Å²) in [6.45, 7) is 6.12. The highest BCUT2D eigenvalue weighted by Crippen LogP contribution is 2.56. The van der Waals surface area contributed by atoms with Crippen molar-refractivity contribution in [1.82, 2.24) is 0 Å². The van der Waals surface area contributed by atoms with E-state index in [1.54, 1.807) is 6.92 Å². The van der Waals surface area contributed by atoms with Gasteiger partial charge in [0.25, 0.3) is 0 Å². The number of aliphatic hydroxyl groups excluding tert-OH is 1. The molecule has 80 valence electrons. The van der Waals surface area contributed by atoms with E-state index in [0.717, 1.165) is 11.4 Å². The minimum Gasteiger partial charge on any atom is -0.393 e. The zero-order valence-electron chi connectivity index (χ0n) is 8.14. The van der Waals surface area contributed by atoms with Gasteiger partial charge in [0.15, 0.2) is 0 Å². The second kappa shape index (κ2) is 6.38. The van der Waals surface area contributed by atoms with Crippen molar-refractivity contribution in [3.63, 3.8) is 0 Å². The Labute approximate surface area is 88.8 Å². The first kappa shape index (κ1) is 13.9. The Balaban J connectivity index is 3.74. The molecule has 0 heterocycles. The van der Waals surface area contributed by atoms with Crippen LogP contribution in [-0.2, 0) is 16.3 Å². The zero-order valence-corrected chi connectivity index (χ0v) is 10.7. The Bertz CT molecular complexity index is 169. The van der Waals surface area contributed by atoms with E-state index in [1.165, 1.54) is 0 Å². The normalized spacial score (nSPS) is 18.6. The van der Waals surface area contributed by atoms with E-state index >= 15 is 0 Å². The third kappa shape index (κ3) is 9.19. The highest BCUT2D eigenvalue weighted by molar-refractivity contribution is 8.67. The van der Waals surface area contributed by atoms with Crippen LogP contribution in [0.1, 0.15) is 20.8 Å². The monoisotopic (exact) mass is 244 g/mol. The van der Waals surface area contributed by atoms with Crippen LogP contribution < -0.4 is 0 Å². The molecule has 2 atom stereocenters. The summed E-state index contributed by atoms with van der Waals surface area (Å²) in [5.74, 6) is 0.785. The van der Waals surface area contributed by atoms with Crippen LogP contribution >= 0.6 is 17.1 Å². The maximum absolute atomic E-state index is 9.57. The molecule has 2 unspecified atom stereocenters. The van der Waals surface area contributed by atoms with Gasteiger partial charge >= 0.3 is 0 Å². The summed E-state index contributed by atoms with van der Waals surface area (Å²) in [6.07, 6.45) is -0.456. The van der Waals surface area contributed by atoms with Crippen molar-refractivity contribution in [2.75, 3.05) is 12.4 Å². The van der Waals surface area contributed by atoms with Gasteiger partial charge in [-0.05, 0) is 24.6 Å². The molecule has 0 aliphatic carbocycles. The first-order chi connectivity index (χ1) is 5.83. The molecule has 2 N–H and O–H groups in total. The van der Waals surface area contributed by atoms with Crippen LogP contribution in [0, 0.1) is 5.92 Å². The number of aliphatic hydroxyl groups is 1. The Kier molecular flexibility index (Phi) is 6.81. The van der Waals surface area contributed by atoms with Gasteiger partial charge < -0.3 is 14.5 Å². The molecule has 6 heteroatoms. The molecule has 0 aromatic carbocycles. The summed E-state index contributed by atoms with van der Waals surface area (Å²) in [7, 11) is 0. The van der Waals surface area contributed by atoms with Crippen molar-refractivity contribution >= 4 is 28.9 Å². The molecule has 0 bridgehead atoms. The van der Waals surface area contributed by atoms with Gasteiger partial charge in [0, 0.05) is 5.75 Å². The fourth-order valence-corrected chi connectivity index (χ4v) is 3.80. The molecule has 13 heavy (non-hydrogen) atoms. The van der Waals surface area contributed by atoms with Crippen molar-refractivity contribution in [3.8, 4) is 0 Å². The Morgan fingerprint density at radius 3 is 2.38 bits per heavy atom. The highest BCUT2D eigenvalue weighted by atomic mass is 32.9. The van der Waals surface area contributed by atoms with Gasteiger partial charge in [0.05, 0.1) is 12.7 Å². The van der Waals surface area contributed by atoms with Crippen molar-refractivity contribution in [1.29, 1.82) is 0 Å². The average molecular weight is 244 g/mol. The van der Waals surface area contributed by atoms with Crippen LogP contribution in [0.3, 0.4) is 0 Å². The minimum absolute atomic E-state index is 0.363. The Morgan fingerprint density at radius 1 is 1.46 bits per heavy atom. The molecule has 0 aromatic heterocycles. The van der Waals surface area contributed by atoms with Crippen molar-refractivity contribution in [2.45, 2.75) is 26.9 Å². The summed E-state index contributed by atoms with van der Waals surface area (Å²) in [5.41, 5.74) is -2.71. The predicted octanol–water partition coefficient (Wildman–Crippen LogP) is 1.99. The minimum atomic E-state index is -2.71. The number of hydrogen-bond donors (Lipinski definition) is 2. The molecule has 0 rings (SSSR count). The molecule has 0 spiro atoms. The zero-order chi connectivity index (χ0) is 10.5. The molecular weight excluding hydrogens is 227 g/mol. The lowest BCUT2D eigenvalue weighted by Crippen LogP contribution is -2.04. The lowest BCUT2D eigenvalue weighted by atomic mass is 10.2. The van der Waals surface area contributed by atoms with Gasteiger partial charge in [-0.15, -0.1) is 0 Å². The molecule has 0 fully saturated rings. The molecule has 0 aliphatic rings. The van der Waals surface area contributed by atoms with Crippen LogP contribution in [0.2, 0.25) is 0 Å². The van der Waals surface area contributed by atoms with E-state index in [0.29, 0.717) is 18.3 Å². The summed E-state index contributed by atoms with van der Waals surface area (Å²) >= 11 is 6.01. The molecule has 0 saturated carbocycles. The second-order valence-corrected chi connectivity index (χ2v) is 9.53. The average Bonchev–Trinajstić information content (AvgIpc) is 1.98. The molecule has 0 amide bonds. The van der Waals surface area contributed by atoms with Crippen LogP contribution in [0.4, 0.5) is 0 Å². The standard InChI is InChI=1S/C7H17O3PS2/c1-6(2)4-10-11(9,12)13-5-7(3)8/h6-8H,4-5H2,1-3H3,(H,9,12). The van der Waals surface area contributed by atoms with Gasteiger partial charge in [-0.1, -0.05) is 25.2 Å². The maximum atomic E-state index is 9.57. The van der Waals surface area contributed by atoms with E-state index in [4.69, 9.17) is 21.4 Å². The smallest absolute Gasteiger partial charge is 0.244 e. The maximum Gasteiger partial charge on any atom is 0.244 e. The molecule has 0 radical (unpaired) electrons. The van der Waals surface area contributed by atoms with Gasteiger partial charge in [-0.2, -0.15) is 0 Å². The largest absolute Gasteiger partial charge is 0.393 e. The van der Waals surface area contributed by atoms with Gasteiger partial charge in [-0.25, -0.2) is 0 Å². The van der Waals surface area contributed by atoms with Crippen LogP contribution in [0.15, 0.2) is 0 Å². The second-order valence-electron chi connectivity index (χ2n) is 3.30. The van der Waals surface area contributed by atoms with Gasteiger partial charge in [-0.3, -0.25) is 0 Å². The van der Waals surface area contributed by atoms with Crippen LogP contribution in [0.5, 0.6) is 0 Å². The van der Waals surface area contributed by atoms with E-state index in [1.807, 2.05) is 13.8 Å². The van der Waals surface area contributed by atoms with Crippen molar-refractivity contribution in [2.24, 2.45) is 5.92 Å². The topological polar surface area (TPSA) is 49.7 Å². The van der Waals surface area contributed by atoms with E-state index < -0.39 is 11.8 Å². The van der Waals surface area contributed by atoms with E-state index in [9.17, 15) is 4.89 Å². The SMILES string of the molecule is CC(C)COP(O)(=S)SCC(C)O. The van der Waals surface area contributed by atoms with Crippen LogP contribution in [0.25, 0.3) is 0 Å². The first-order valence-electron chi connectivity index (χ1n) is 4.13. The fourth-order valence-electron chi connectivity index (χ4n) is 0.483. The lowest BCUT2D eigenvalue weighted by molar-refractivity contribution is 0.220. The molecule has 0 aliphatic heterocycles. The van der Waals surface area contributed by atoms with Crippen LogP contribution in [-0.4, -0.2) is 28.5 Å².